The van der Waals surface area contributed by atoms with E-state index in [-0.39, 0.29) is 0 Å². The van der Waals surface area contributed by atoms with Gasteiger partial charge in [0.15, 0.2) is 0 Å². The van der Waals surface area contributed by atoms with Gasteiger partial charge < -0.3 is 13.7 Å². The lowest BCUT2D eigenvalue weighted by Gasteiger charge is -2.32. The van der Waals surface area contributed by atoms with E-state index in [1.54, 1.807) is 0 Å². The summed E-state index contributed by atoms with van der Waals surface area (Å²) in [6.45, 7) is 8.43. The number of benzene rings is 5. The molecule has 4 heteroatoms. The molecule has 3 aliphatic rings. The van der Waals surface area contributed by atoms with Gasteiger partial charge in [-0.1, -0.05) is 97.1 Å². The predicted octanol–water partition coefficient (Wildman–Crippen LogP) is 8.23. The van der Waals surface area contributed by atoms with E-state index in [4.69, 9.17) is 13.7 Å². The highest BCUT2D eigenvalue weighted by atomic mass is 16.7. The van der Waals surface area contributed by atoms with Crippen molar-refractivity contribution in [1.82, 2.24) is 0 Å². The first-order chi connectivity index (χ1) is 19.8. The maximum atomic E-state index is 6.62. The van der Waals surface area contributed by atoms with Crippen LogP contribution < -0.4 is 5.46 Å². The third-order valence-electron chi connectivity index (χ3n) is 10.1. The summed E-state index contributed by atoms with van der Waals surface area (Å²) in [6, 6.07) is 37.5. The lowest BCUT2D eigenvalue weighted by molar-refractivity contribution is 0.00578. The van der Waals surface area contributed by atoms with E-state index < -0.39 is 23.7 Å². The van der Waals surface area contributed by atoms with Crippen molar-refractivity contribution in [3.05, 3.63) is 125 Å². The van der Waals surface area contributed by atoms with Crippen LogP contribution in [0.5, 0.6) is 0 Å². The lowest BCUT2D eigenvalue weighted by atomic mass is 9.69. The summed E-state index contributed by atoms with van der Waals surface area (Å²) in [7, 11) is -0.410. The normalized spacial score (nSPS) is 20.9. The molecule has 1 fully saturated rings. The second kappa shape index (κ2) is 7.58. The van der Waals surface area contributed by atoms with Gasteiger partial charge in [0.05, 0.1) is 16.6 Å². The van der Waals surface area contributed by atoms with Gasteiger partial charge in [-0.3, -0.25) is 0 Å². The molecular weight excluding hydrogens is 503 g/mol. The van der Waals surface area contributed by atoms with Gasteiger partial charge in [0, 0.05) is 16.3 Å². The molecule has 0 bridgehead atoms. The van der Waals surface area contributed by atoms with Crippen molar-refractivity contribution in [1.29, 1.82) is 0 Å². The summed E-state index contributed by atoms with van der Waals surface area (Å²) in [5.74, 6) is 0. The minimum atomic E-state index is -0.431. The summed E-state index contributed by atoms with van der Waals surface area (Å²) in [6.07, 6.45) is 0. The van der Waals surface area contributed by atoms with Gasteiger partial charge in [0.1, 0.15) is 11.2 Å². The Balaban J connectivity index is 1.35. The van der Waals surface area contributed by atoms with Crippen LogP contribution >= 0.6 is 0 Å². The van der Waals surface area contributed by atoms with Gasteiger partial charge in [-0.15, -0.1) is 0 Å². The molecule has 2 aliphatic carbocycles. The van der Waals surface area contributed by atoms with Gasteiger partial charge in [0.25, 0.3) is 0 Å². The third kappa shape index (κ3) is 2.77. The third-order valence-corrected chi connectivity index (χ3v) is 10.1. The fraction of sp³-hybridized carbons (Fsp3) is 0.189. The molecule has 41 heavy (non-hydrogen) atoms. The van der Waals surface area contributed by atoms with Crippen LogP contribution in [0.25, 0.3) is 44.2 Å². The van der Waals surface area contributed by atoms with Gasteiger partial charge in [-0.05, 0) is 78.2 Å². The molecule has 5 aromatic carbocycles. The Bertz CT molecular complexity index is 2070. The number of fused-ring (bicyclic) bond motifs is 14. The topological polar surface area (TPSA) is 31.6 Å². The first-order valence-corrected chi connectivity index (χ1v) is 14.5. The number of hydrogen-bond donors (Lipinski definition) is 0. The largest absolute Gasteiger partial charge is 0.494 e. The maximum absolute atomic E-state index is 6.62. The average molecular weight is 532 g/mol. The van der Waals surface area contributed by atoms with Crippen molar-refractivity contribution in [3.8, 4) is 22.3 Å². The Labute approximate surface area is 239 Å². The average Bonchev–Trinajstić information content (AvgIpc) is 3.65. The molecule has 6 aromatic rings. The fourth-order valence-corrected chi connectivity index (χ4v) is 7.55. The lowest BCUT2D eigenvalue weighted by Crippen LogP contribution is -2.41. The van der Waals surface area contributed by atoms with E-state index in [2.05, 4.69) is 125 Å². The Morgan fingerprint density at radius 1 is 0.537 bits per heavy atom. The van der Waals surface area contributed by atoms with Gasteiger partial charge in [-0.25, -0.2) is 0 Å². The molecule has 0 N–H and O–H groups in total. The summed E-state index contributed by atoms with van der Waals surface area (Å²) < 4.78 is 19.6. The molecule has 9 rings (SSSR count). The minimum Gasteiger partial charge on any atom is -0.455 e. The number of furan rings is 1. The predicted molar refractivity (Wildman–Crippen MR) is 166 cm³/mol. The molecular formula is C37H29BO3. The second-order valence-corrected chi connectivity index (χ2v) is 12.7. The Hall–Kier alpha value is -4.12. The second-order valence-electron chi connectivity index (χ2n) is 12.7. The van der Waals surface area contributed by atoms with E-state index in [0.29, 0.717) is 0 Å². The van der Waals surface area contributed by atoms with E-state index >= 15 is 0 Å². The molecule has 3 nitrogen and oxygen atoms in total. The van der Waals surface area contributed by atoms with Crippen LogP contribution in [0, 0.1) is 0 Å². The van der Waals surface area contributed by atoms with E-state index in [1.165, 1.54) is 44.5 Å². The summed E-state index contributed by atoms with van der Waals surface area (Å²) in [5.41, 5.74) is 11.8. The number of para-hydroxylation sites is 1. The zero-order chi connectivity index (χ0) is 27.7. The van der Waals surface area contributed by atoms with Crippen molar-refractivity contribution in [2.45, 2.75) is 44.3 Å². The SMILES string of the molecule is CC1(C)OB(c2ccc3c(c2)-c2ccccc2C32c3ccccc3-c3c2ccc2c3oc3ccccc32)OC1(C)C. The molecule has 0 radical (unpaired) electrons. The maximum Gasteiger partial charge on any atom is 0.494 e. The number of rotatable bonds is 1. The first kappa shape index (κ1) is 23.6. The van der Waals surface area contributed by atoms with Crippen molar-refractivity contribution >= 4 is 34.5 Å². The summed E-state index contributed by atoms with van der Waals surface area (Å²) in [5, 5.41) is 2.32. The molecule has 1 spiro atoms. The van der Waals surface area contributed by atoms with Gasteiger partial charge >= 0.3 is 7.12 Å². The molecule has 2 heterocycles. The fourth-order valence-electron chi connectivity index (χ4n) is 7.55. The van der Waals surface area contributed by atoms with E-state index in [1.807, 2.05) is 6.07 Å². The first-order valence-electron chi connectivity index (χ1n) is 14.5. The smallest absolute Gasteiger partial charge is 0.455 e. The molecule has 1 aromatic heterocycles. The standard InChI is InChI=1S/C37H29BO3/c1-35(2)36(3,4)41-38(40-35)22-17-19-30-27(21-22)23-11-5-8-14-28(23)37(30)29-15-9-6-13-26(29)33-31(37)20-18-25-24-12-7-10-16-32(24)39-34(25)33/h5-21H,1-4H3. The van der Waals surface area contributed by atoms with Crippen LogP contribution in [0.15, 0.2) is 108 Å². The van der Waals surface area contributed by atoms with Crippen LogP contribution in [0.1, 0.15) is 49.9 Å². The molecule has 1 atom stereocenters. The van der Waals surface area contributed by atoms with E-state index in [0.717, 1.165) is 27.4 Å². The zero-order valence-corrected chi connectivity index (χ0v) is 23.6. The highest BCUT2D eigenvalue weighted by molar-refractivity contribution is 6.62. The van der Waals surface area contributed by atoms with Crippen LogP contribution in [0.4, 0.5) is 0 Å². The van der Waals surface area contributed by atoms with Crippen molar-refractivity contribution in [2.24, 2.45) is 0 Å². The Morgan fingerprint density at radius 2 is 1.15 bits per heavy atom. The highest BCUT2D eigenvalue weighted by Crippen LogP contribution is 2.63. The van der Waals surface area contributed by atoms with Gasteiger partial charge in [-0.2, -0.15) is 0 Å². The van der Waals surface area contributed by atoms with Crippen LogP contribution in [-0.2, 0) is 14.7 Å². The molecule has 0 amide bonds. The molecule has 1 saturated heterocycles. The van der Waals surface area contributed by atoms with Crippen molar-refractivity contribution < 1.29 is 13.7 Å². The monoisotopic (exact) mass is 532 g/mol. The molecule has 0 saturated carbocycles. The summed E-state index contributed by atoms with van der Waals surface area (Å²) in [4.78, 5) is 0. The quantitative estimate of drug-likeness (QED) is 0.200. The van der Waals surface area contributed by atoms with Crippen molar-refractivity contribution in [3.63, 3.8) is 0 Å². The van der Waals surface area contributed by atoms with E-state index in [9.17, 15) is 0 Å². The Kier molecular flexibility index (Phi) is 4.36. The Morgan fingerprint density at radius 3 is 1.93 bits per heavy atom. The highest BCUT2D eigenvalue weighted by Gasteiger charge is 2.54. The molecule has 1 unspecified atom stereocenters. The molecule has 198 valence electrons. The minimum absolute atomic E-state index is 0.392. The van der Waals surface area contributed by atoms with Crippen LogP contribution in [0.2, 0.25) is 0 Å². The van der Waals surface area contributed by atoms with Crippen LogP contribution in [0.3, 0.4) is 0 Å². The zero-order valence-electron chi connectivity index (χ0n) is 23.6. The molecule has 1 aliphatic heterocycles. The van der Waals surface area contributed by atoms with Gasteiger partial charge in [0.2, 0.25) is 0 Å². The van der Waals surface area contributed by atoms with Crippen molar-refractivity contribution in [2.75, 3.05) is 0 Å². The summed E-state index contributed by atoms with van der Waals surface area (Å²) >= 11 is 0. The van der Waals surface area contributed by atoms with Crippen LogP contribution in [-0.4, -0.2) is 18.3 Å². The number of hydrogen-bond acceptors (Lipinski definition) is 3.